The first-order valence-electron chi connectivity index (χ1n) is 3.76. The van der Waals surface area contributed by atoms with Crippen LogP contribution in [0.4, 0.5) is 11.6 Å². The van der Waals surface area contributed by atoms with Crippen LogP contribution in [0.3, 0.4) is 0 Å². The Morgan fingerprint density at radius 3 is 2.43 bits per heavy atom. The number of thioether (sulfide) groups is 1. The summed E-state index contributed by atoms with van der Waals surface area (Å²) in [5, 5.41) is 9.92. The van der Waals surface area contributed by atoms with E-state index in [0.29, 0.717) is 0 Å². The van der Waals surface area contributed by atoms with Crippen molar-refractivity contribution < 1.29 is 9.90 Å². The zero-order valence-corrected chi connectivity index (χ0v) is 8.25. The molecule has 1 aromatic heterocycles. The first-order valence-corrected chi connectivity index (χ1v) is 4.64. The van der Waals surface area contributed by atoms with Crippen LogP contribution in [0.2, 0.25) is 0 Å². The van der Waals surface area contributed by atoms with E-state index < -0.39 is 11.2 Å². The molecule has 1 atom stereocenters. The molecule has 0 aliphatic carbocycles. The van der Waals surface area contributed by atoms with Crippen LogP contribution in [-0.4, -0.2) is 21.2 Å². The second kappa shape index (κ2) is 4.14. The molecule has 0 fully saturated rings. The summed E-state index contributed by atoms with van der Waals surface area (Å²) in [5.74, 6) is -0.754. The molecule has 0 saturated heterocycles. The summed E-state index contributed by atoms with van der Waals surface area (Å²) in [5.41, 5.74) is 10.8. The summed E-state index contributed by atoms with van der Waals surface area (Å²) >= 11 is 0.936. The summed E-state index contributed by atoms with van der Waals surface area (Å²) in [6, 6.07) is 1.40. The van der Waals surface area contributed by atoms with Crippen molar-refractivity contribution in [2.75, 3.05) is 11.5 Å². The third kappa shape index (κ3) is 2.77. The third-order valence-electron chi connectivity index (χ3n) is 1.36. The van der Waals surface area contributed by atoms with Gasteiger partial charge in [-0.15, -0.1) is 0 Å². The lowest BCUT2D eigenvalue weighted by molar-refractivity contribution is -0.304. The van der Waals surface area contributed by atoms with Gasteiger partial charge in [-0.1, -0.05) is 11.8 Å². The second-order valence-electron chi connectivity index (χ2n) is 2.58. The van der Waals surface area contributed by atoms with Crippen LogP contribution in [0, 0.1) is 0 Å². The van der Waals surface area contributed by atoms with Crippen molar-refractivity contribution in [1.29, 1.82) is 0 Å². The zero-order valence-electron chi connectivity index (χ0n) is 7.43. The molecule has 0 unspecified atom stereocenters. The first-order chi connectivity index (χ1) is 6.49. The van der Waals surface area contributed by atoms with Gasteiger partial charge < -0.3 is 21.4 Å². The van der Waals surface area contributed by atoms with Crippen LogP contribution in [0.15, 0.2) is 11.2 Å². The highest BCUT2D eigenvalue weighted by Crippen LogP contribution is 2.20. The Balaban J connectivity index is 2.81. The van der Waals surface area contributed by atoms with Crippen molar-refractivity contribution in [2.45, 2.75) is 17.3 Å². The maximum atomic E-state index is 10.4. The van der Waals surface area contributed by atoms with Gasteiger partial charge in [0.05, 0.1) is 5.97 Å². The van der Waals surface area contributed by atoms with Gasteiger partial charge in [0.15, 0.2) is 5.16 Å². The Hall–Kier alpha value is -1.50. The fraction of sp³-hybridized carbons (Fsp3) is 0.286. The van der Waals surface area contributed by atoms with Crippen molar-refractivity contribution in [3.05, 3.63) is 6.07 Å². The summed E-state index contributed by atoms with van der Waals surface area (Å²) in [4.78, 5) is 18.1. The fourth-order valence-electron chi connectivity index (χ4n) is 0.721. The number of carboxylic acids is 1. The quantitative estimate of drug-likeness (QED) is 0.481. The molecule has 4 N–H and O–H groups in total. The normalized spacial score (nSPS) is 12.4. The van der Waals surface area contributed by atoms with Crippen molar-refractivity contribution in [2.24, 2.45) is 0 Å². The van der Waals surface area contributed by atoms with Crippen LogP contribution in [0.1, 0.15) is 6.92 Å². The number of aromatic nitrogens is 2. The molecule has 14 heavy (non-hydrogen) atoms. The van der Waals surface area contributed by atoms with Gasteiger partial charge in [0.1, 0.15) is 11.6 Å². The average Bonchev–Trinajstić information content (AvgIpc) is 2.01. The van der Waals surface area contributed by atoms with Gasteiger partial charge in [-0.05, 0) is 6.92 Å². The SMILES string of the molecule is C[C@H](Sc1nc(N)cc(N)n1)C(=O)[O-]. The Bertz CT molecular complexity index is 337. The maximum absolute atomic E-state index is 10.4. The van der Waals surface area contributed by atoms with Crippen LogP contribution in [0.25, 0.3) is 0 Å². The molecule has 0 spiro atoms. The molecule has 76 valence electrons. The van der Waals surface area contributed by atoms with Crippen LogP contribution >= 0.6 is 11.8 Å². The van der Waals surface area contributed by atoms with E-state index in [0.717, 1.165) is 11.8 Å². The predicted octanol–water partition coefficient (Wildman–Crippen LogP) is -1.13. The lowest BCUT2D eigenvalue weighted by Crippen LogP contribution is -2.31. The number of nitrogen functional groups attached to an aromatic ring is 2. The van der Waals surface area contributed by atoms with Gasteiger partial charge in [0.2, 0.25) is 0 Å². The molecular formula is C7H9N4O2S-. The molecule has 7 heteroatoms. The summed E-state index contributed by atoms with van der Waals surface area (Å²) < 4.78 is 0. The monoisotopic (exact) mass is 213 g/mol. The Morgan fingerprint density at radius 1 is 1.50 bits per heavy atom. The lowest BCUT2D eigenvalue weighted by atomic mass is 10.5. The largest absolute Gasteiger partial charge is 0.549 e. The van der Waals surface area contributed by atoms with Crippen LogP contribution in [0.5, 0.6) is 0 Å². The highest BCUT2D eigenvalue weighted by molar-refractivity contribution is 8.00. The van der Waals surface area contributed by atoms with E-state index in [2.05, 4.69) is 9.97 Å². The van der Waals surface area contributed by atoms with E-state index in [1.54, 1.807) is 0 Å². The predicted molar refractivity (Wildman–Crippen MR) is 51.2 cm³/mol. The number of aliphatic carboxylic acids is 1. The number of carbonyl (C=O) groups is 1. The maximum Gasteiger partial charge on any atom is 0.192 e. The molecule has 1 rings (SSSR count). The first kappa shape index (κ1) is 10.6. The molecule has 6 nitrogen and oxygen atoms in total. The van der Waals surface area contributed by atoms with Crippen molar-refractivity contribution in [1.82, 2.24) is 9.97 Å². The highest BCUT2D eigenvalue weighted by atomic mass is 32.2. The molecule has 0 radical (unpaired) electrons. The van der Waals surface area contributed by atoms with Crippen LogP contribution < -0.4 is 16.6 Å². The van der Waals surface area contributed by atoms with Gasteiger partial charge >= 0.3 is 0 Å². The fourth-order valence-corrected chi connectivity index (χ4v) is 1.45. The molecule has 1 aromatic rings. The smallest absolute Gasteiger partial charge is 0.192 e. The van der Waals surface area contributed by atoms with Crippen LogP contribution in [-0.2, 0) is 4.79 Å². The van der Waals surface area contributed by atoms with Gasteiger partial charge in [0.25, 0.3) is 0 Å². The molecule has 0 amide bonds. The molecule has 0 saturated carbocycles. The molecule has 1 heterocycles. The molecule has 0 aliphatic heterocycles. The van der Waals surface area contributed by atoms with Crippen molar-refractivity contribution in [3.63, 3.8) is 0 Å². The third-order valence-corrected chi connectivity index (χ3v) is 2.30. The molecule has 0 aromatic carbocycles. The minimum atomic E-state index is -1.18. The Kier molecular flexibility index (Phi) is 3.13. The molecular weight excluding hydrogens is 204 g/mol. The number of hydrogen-bond donors (Lipinski definition) is 2. The topological polar surface area (TPSA) is 118 Å². The van der Waals surface area contributed by atoms with E-state index in [-0.39, 0.29) is 16.8 Å². The van der Waals surface area contributed by atoms with E-state index in [4.69, 9.17) is 11.5 Å². The molecule has 0 bridgehead atoms. The van der Waals surface area contributed by atoms with Gasteiger partial charge in [0, 0.05) is 11.3 Å². The van der Waals surface area contributed by atoms with Crippen molar-refractivity contribution in [3.8, 4) is 0 Å². The van der Waals surface area contributed by atoms with Gasteiger partial charge in [-0.2, -0.15) is 0 Å². The van der Waals surface area contributed by atoms with E-state index >= 15 is 0 Å². The van der Waals surface area contributed by atoms with Gasteiger partial charge in [-0.3, -0.25) is 0 Å². The second-order valence-corrected chi connectivity index (χ2v) is 3.89. The highest BCUT2D eigenvalue weighted by Gasteiger charge is 2.08. The minimum Gasteiger partial charge on any atom is -0.549 e. The number of nitrogens with two attached hydrogens (primary N) is 2. The lowest BCUT2D eigenvalue weighted by Gasteiger charge is -2.10. The van der Waals surface area contributed by atoms with E-state index in [1.807, 2.05) is 0 Å². The Labute approximate surface area is 84.7 Å². The summed E-state index contributed by atoms with van der Waals surface area (Å²) in [6.45, 7) is 1.47. The standard InChI is InChI=1S/C7H10N4O2S/c1-3(6(12)13)14-7-10-4(8)2-5(9)11-7/h2-3H,1H3,(H,12,13)(H4,8,9,10,11)/p-1/t3-/m0/s1. The molecule has 0 aliphatic rings. The van der Waals surface area contributed by atoms with E-state index in [9.17, 15) is 9.90 Å². The number of carbonyl (C=O) groups excluding carboxylic acids is 1. The summed E-state index contributed by atoms with van der Waals surface area (Å²) in [6.07, 6.45) is 0. The number of rotatable bonds is 3. The number of carboxylic acid groups (broad SMARTS) is 1. The van der Waals surface area contributed by atoms with E-state index in [1.165, 1.54) is 13.0 Å². The zero-order chi connectivity index (χ0) is 10.7. The summed E-state index contributed by atoms with van der Waals surface area (Å²) in [7, 11) is 0. The van der Waals surface area contributed by atoms with Crippen molar-refractivity contribution >= 4 is 29.4 Å². The Morgan fingerprint density at radius 2 is 2.00 bits per heavy atom. The number of nitrogens with zero attached hydrogens (tertiary/aromatic N) is 2. The average molecular weight is 213 g/mol. The van der Waals surface area contributed by atoms with Gasteiger partial charge in [-0.25, -0.2) is 9.97 Å². The number of hydrogen-bond acceptors (Lipinski definition) is 7. The number of anilines is 2. The minimum absolute atomic E-state index is 0.213.